The van der Waals surface area contributed by atoms with Gasteiger partial charge in [-0.15, -0.1) is 0 Å². The Hall–Kier alpha value is -3.52. The molecule has 0 spiro atoms. The van der Waals surface area contributed by atoms with E-state index in [1.54, 1.807) is 29.0 Å². The molecule has 4 rings (SSSR count). The molecule has 51 heavy (non-hydrogen) atoms. The van der Waals surface area contributed by atoms with Gasteiger partial charge in [0.1, 0.15) is 23.2 Å². The molecule has 1 heterocycles. The number of nitrogens with zero attached hydrogens (tertiary/aromatic N) is 3. The van der Waals surface area contributed by atoms with Gasteiger partial charge in [0.2, 0.25) is 0 Å². The highest BCUT2D eigenvalue weighted by atomic mass is 35.5. The molecular weight excluding hydrogens is 723 g/mol. The third-order valence-electron chi connectivity index (χ3n) is 9.14. The number of ether oxygens (including phenoxy) is 1. The van der Waals surface area contributed by atoms with Crippen molar-refractivity contribution in [2.24, 2.45) is 5.41 Å². The summed E-state index contributed by atoms with van der Waals surface area (Å²) in [6.07, 6.45) is 2.01. The summed E-state index contributed by atoms with van der Waals surface area (Å²) in [6.45, 7) is 7.11. The zero-order valence-electron chi connectivity index (χ0n) is 29.9. The maximum Gasteiger partial charge on any atom is 0.310 e. The first-order valence-corrected chi connectivity index (χ1v) is 19.1. The van der Waals surface area contributed by atoms with Crippen LogP contribution in [0.25, 0.3) is 5.69 Å². The summed E-state index contributed by atoms with van der Waals surface area (Å²) < 4.78 is 80.9. The molecule has 8 nitrogen and oxygen atoms in total. The van der Waals surface area contributed by atoms with Crippen LogP contribution in [-0.4, -0.2) is 73.6 Å². The van der Waals surface area contributed by atoms with E-state index in [4.69, 9.17) is 16.3 Å². The number of quaternary nitrogens is 1. The number of halogens is 4. The number of rotatable bonds is 15. The molecule has 1 aromatic heterocycles. The third kappa shape index (κ3) is 8.76. The quantitative estimate of drug-likeness (QED) is 0.0961. The van der Waals surface area contributed by atoms with Crippen molar-refractivity contribution in [1.82, 2.24) is 9.55 Å². The average Bonchev–Trinajstić information content (AvgIpc) is 3.47. The second-order valence-corrected chi connectivity index (χ2v) is 18.1. The zero-order valence-corrected chi connectivity index (χ0v) is 32.3. The normalized spacial score (nSPS) is 13.3. The number of aliphatic carboxylic acids is 1. The lowest BCUT2D eigenvalue weighted by Crippen LogP contribution is -2.43. The molecule has 0 amide bonds. The van der Waals surface area contributed by atoms with E-state index >= 15 is 8.78 Å². The average molecular weight is 767 g/mol. The van der Waals surface area contributed by atoms with Gasteiger partial charge in [0.05, 0.1) is 67.3 Å². The monoisotopic (exact) mass is 766 g/mol. The minimum Gasteiger partial charge on any atom is -0.495 e. The SMILES string of the molecule is COc1cc(C(C)(C)c2cnc(SCc3c(F)cc(S(=O)(=O)C(CCC[N+](C)(C)C)C(C)(C)C(=O)O)cc3F)n2-c2ccc(F)cc2)ccc1Cl. The van der Waals surface area contributed by atoms with E-state index in [1.807, 2.05) is 47.1 Å². The van der Waals surface area contributed by atoms with Crippen molar-refractivity contribution in [3.63, 3.8) is 0 Å². The van der Waals surface area contributed by atoms with E-state index < -0.39 is 54.2 Å². The topological polar surface area (TPSA) is 98.5 Å². The number of carbonyl (C=O) groups is 1. The van der Waals surface area contributed by atoms with Crippen molar-refractivity contribution in [3.8, 4) is 11.4 Å². The molecule has 4 aromatic rings. The van der Waals surface area contributed by atoms with E-state index in [-0.39, 0.29) is 17.7 Å². The van der Waals surface area contributed by atoms with Crippen LogP contribution in [0.2, 0.25) is 5.02 Å². The van der Waals surface area contributed by atoms with Gasteiger partial charge in [-0.3, -0.25) is 9.36 Å². The van der Waals surface area contributed by atoms with Gasteiger partial charge in [-0.05, 0) is 80.8 Å². The molecule has 0 saturated carbocycles. The lowest BCUT2D eigenvalue weighted by Gasteiger charge is -2.31. The first-order chi connectivity index (χ1) is 23.6. The number of carboxylic acid groups (broad SMARTS) is 1. The molecule has 3 aromatic carbocycles. The molecule has 1 unspecified atom stereocenters. The highest BCUT2D eigenvalue weighted by molar-refractivity contribution is 7.98. The first kappa shape index (κ1) is 40.3. The number of imidazole rings is 1. The summed E-state index contributed by atoms with van der Waals surface area (Å²) in [5.41, 5.74) is -0.753. The Balaban J connectivity index is 1.71. The van der Waals surface area contributed by atoms with Crippen molar-refractivity contribution in [3.05, 3.63) is 100 Å². The fourth-order valence-electron chi connectivity index (χ4n) is 5.89. The predicted molar refractivity (Wildman–Crippen MR) is 194 cm³/mol. The summed E-state index contributed by atoms with van der Waals surface area (Å²) >= 11 is 7.29. The van der Waals surface area contributed by atoms with Gasteiger partial charge in [0.25, 0.3) is 0 Å². The number of aromatic nitrogens is 2. The molecule has 276 valence electrons. The minimum absolute atomic E-state index is 0.00841. The van der Waals surface area contributed by atoms with Crippen LogP contribution in [0.1, 0.15) is 57.4 Å². The summed E-state index contributed by atoms with van der Waals surface area (Å²) in [5.74, 6) is -3.75. The summed E-state index contributed by atoms with van der Waals surface area (Å²) in [4.78, 5) is 16.2. The Morgan fingerprint density at radius 1 is 1.02 bits per heavy atom. The van der Waals surface area contributed by atoms with Crippen LogP contribution in [0.3, 0.4) is 0 Å². The summed E-state index contributed by atoms with van der Waals surface area (Å²) in [6, 6.07) is 12.6. The smallest absolute Gasteiger partial charge is 0.310 e. The highest BCUT2D eigenvalue weighted by Crippen LogP contribution is 2.40. The van der Waals surface area contributed by atoms with Crippen LogP contribution < -0.4 is 4.74 Å². The predicted octanol–water partition coefficient (Wildman–Crippen LogP) is 8.31. The Kier molecular flexibility index (Phi) is 12.0. The maximum atomic E-state index is 15.7. The van der Waals surface area contributed by atoms with E-state index in [0.717, 1.165) is 29.5 Å². The Morgan fingerprint density at radius 2 is 1.63 bits per heavy atom. The second-order valence-electron chi connectivity index (χ2n) is 14.6. The van der Waals surface area contributed by atoms with E-state index in [2.05, 4.69) is 4.98 Å². The van der Waals surface area contributed by atoms with Gasteiger partial charge in [-0.25, -0.2) is 26.6 Å². The molecule has 0 bridgehead atoms. The number of carboxylic acids is 1. The highest BCUT2D eigenvalue weighted by Gasteiger charge is 2.46. The van der Waals surface area contributed by atoms with Crippen LogP contribution in [0.5, 0.6) is 5.75 Å². The van der Waals surface area contributed by atoms with Crippen molar-refractivity contribution in [2.75, 3.05) is 34.8 Å². The van der Waals surface area contributed by atoms with Crippen molar-refractivity contribution in [2.45, 2.75) is 67.0 Å². The first-order valence-electron chi connectivity index (χ1n) is 16.2. The zero-order chi connectivity index (χ0) is 38.1. The van der Waals surface area contributed by atoms with Gasteiger partial charge in [-0.2, -0.15) is 0 Å². The number of hydrogen-bond donors (Lipinski definition) is 1. The van der Waals surface area contributed by atoms with Gasteiger partial charge >= 0.3 is 5.97 Å². The minimum atomic E-state index is -4.48. The van der Waals surface area contributed by atoms with Crippen LogP contribution in [-0.2, 0) is 25.8 Å². The van der Waals surface area contributed by atoms with Gasteiger partial charge in [0, 0.05) is 22.4 Å². The molecule has 14 heteroatoms. The van der Waals surface area contributed by atoms with Gasteiger partial charge in [-0.1, -0.05) is 43.3 Å². The Bertz CT molecular complexity index is 1990. The molecule has 0 radical (unpaired) electrons. The Labute approximate surface area is 307 Å². The largest absolute Gasteiger partial charge is 0.495 e. The van der Waals surface area contributed by atoms with E-state index in [9.17, 15) is 22.7 Å². The molecule has 0 aliphatic heterocycles. The van der Waals surface area contributed by atoms with Gasteiger partial charge < -0.3 is 14.3 Å². The van der Waals surface area contributed by atoms with E-state index in [1.165, 1.54) is 33.1 Å². The molecule has 0 aliphatic carbocycles. The van der Waals surface area contributed by atoms with Crippen LogP contribution >= 0.6 is 23.4 Å². The molecule has 0 aliphatic rings. The standard InChI is InChI=1S/C37H43ClF3N3O5S2/c1-36(2,23-11-16-28(38)31(18-23)49-8)32-21-42-35(43(32)25-14-12-24(39)13-15-25)50-22-27-29(40)19-26(20-30(27)41)51(47,48)33(37(3,4)34(45)46)10-9-17-44(5,6)7/h11-16,18-21,33H,9-10,17,22H2,1-8H3/p+1. The lowest BCUT2D eigenvalue weighted by atomic mass is 9.81. The van der Waals surface area contributed by atoms with Crippen molar-refractivity contribution in [1.29, 1.82) is 0 Å². The molecule has 0 saturated heterocycles. The fraction of sp³-hybridized carbons (Fsp3) is 0.405. The van der Waals surface area contributed by atoms with Crippen molar-refractivity contribution >= 4 is 39.2 Å². The molecular formula is C37H44ClF3N3O5S2+. The number of hydrogen-bond acceptors (Lipinski definition) is 6. The van der Waals surface area contributed by atoms with Crippen LogP contribution in [0, 0.1) is 22.9 Å². The molecule has 1 atom stereocenters. The third-order valence-corrected chi connectivity index (χ3v) is 12.9. The number of sulfone groups is 1. The van der Waals surface area contributed by atoms with Crippen LogP contribution in [0.4, 0.5) is 13.2 Å². The number of thioether (sulfide) groups is 1. The van der Waals surface area contributed by atoms with Crippen LogP contribution in [0.15, 0.2) is 70.8 Å². The summed E-state index contributed by atoms with van der Waals surface area (Å²) in [5, 5.41) is 9.28. The maximum absolute atomic E-state index is 15.7. The Morgan fingerprint density at radius 3 is 2.18 bits per heavy atom. The number of benzene rings is 3. The van der Waals surface area contributed by atoms with Gasteiger partial charge in [0.15, 0.2) is 15.0 Å². The fourth-order valence-corrected chi connectivity index (χ4v) is 9.31. The molecule has 1 N–H and O–H groups in total. The van der Waals surface area contributed by atoms with Crippen molar-refractivity contribution < 1.29 is 40.7 Å². The second kappa shape index (κ2) is 15.2. The summed E-state index contributed by atoms with van der Waals surface area (Å²) in [7, 11) is 2.82. The van der Waals surface area contributed by atoms with E-state index in [0.29, 0.717) is 44.8 Å². The molecule has 0 fully saturated rings. The number of methoxy groups -OCH3 is 1. The lowest BCUT2D eigenvalue weighted by molar-refractivity contribution is -0.870.